The zero-order chi connectivity index (χ0) is 13.5. The fraction of sp³-hybridized carbons (Fsp3) is 0.615. The summed E-state index contributed by atoms with van der Waals surface area (Å²) in [5, 5.41) is 12.9. The number of H-pyrrole nitrogens is 1. The molecule has 3 N–H and O–H groups in total. The Hall–Kier alpha value is -1.33. The van der Waals surface area contributed by atoms with Gasteiger partial charge in [0.2, 0.25) is 0 Å². The summed E-state index contributed by atoms with van der Waals surface area (Å²) >= 11 is 0. The molecule has 18 heavy (non-hydrogen) atoms. The molecule has 0 saturated carbocycles. The minimum absolute atomic E-state index is 0.286. The van der Waals surface area contributed by atoms with Crippen molar-refractivity contribution < 1.29 is 14.6 Å². The number of rotatable bonds is 7. The molecule has 1 aromatic heterocycles. The fourth-order valence-corrected chi connectivity index (χ4v) is 1.61. The Bertz CT molecular complexity index is 376. The van der Waals surface area contributed by atoms with Crippen molar-refractivity contribution in [2.24, 2.45) is 5.92 Å². The van der Waals surface area contributed by atoms with Crippen LogP contribution in [0.5, 0.6) is 0 Å². The summed E-state index contributed by atoms with van der Waals surface area (Å²) in [7, 11) is 1.35. The number of hydrogen-bond acceptors (Lipinski definition) is 4. The Morgan fingerprint density at radius 2 is 2.33 bits per heavy atom. The number of aromatic nitrogens is 1. The van der Waals surface area contributed by atoms with Crippen LogP contribution in [0.3, 0.4) is 0 Å². The average Bonchev–Trinajstić information content (AvgIpc) is 2.85. The molecular formula is C13H22N2O3. The molecule has 5 nitrogen and oxygen atoms in total. The van der Waals surface area contributed by atoms with Gasteiger partial charge in [-0.15, -0.1) is 0 Å². The van der Waals surface area contributed by atoms with Crippen molar-refractivity contribution in [3.63, 3.8) is 0 Å². The predicted molar refractivity (Wildman–Crippen MR) is 69.3 cm³/mol. The molecule has 0 bridgehead atoms. The summed E-state index contributed by atoms with van der Waals surface area (Å²) in [5.74, 6) is -0.0877. The van der Waals surface area contributed by atoms with Crippen LogP contribution < -0.4 is 5.32 Å². The SMILES string of the molecule is CCC(C)C(O)CNCc1c[nH]c(C(=O)OC)c1. The molecule has 0 aliphatic rings. The summed E-state index contributed by atoms with van der Waals surface area (Å²) in [6.45, 7) is 5.25. The van der Waals surface area contributed by atoms with E-state index < -0.39 is 0 Å². The lowest BCUT2D eigenvalue weighted by Crippen LogP contribution is -2.31. The van der Waals surface area contributed by atoms with Crippen molar-refractivity contribution >= 4 is 5.97 Å². The summed E-state index contributed by atoms with van der Waals surface area (Å²) in [6.07, 6.45) is 2.38. The lowest BCUT2D eigenvalue weighted by Gasteiger charge is -2.17. The molecule has 0 spiro atoms. The Morgan fingerprint density at radius 3 is 2.94 bits per heavy atom. The van der Waals surface area contributed by atoms with Gasteiger partial charge >= 0.3 is 5.97 Å². The molecule has 102 valence electrons. The van der Waals surface area contributed by atoms with E-state index in [1.165, 1.54) is 7.11 Å². The smallest absolute Gasteiger partial charge is 0.354 e. The molecule has 1 heterocycles. The molecule has 0 fully saturated rings. The fourth-order valence-electron chi connectivity index (χ4n) is 1.61. The van der Waals surface area contributed by atoms with Gasteiger partial charge in [-0.2, -0.15) is 0 Å². The molecular weight excluding hydrogens is 232 g/mol. The number of esters is 1. The second kappa shape index (κ2) is 7.18. The van der Waals surface area contributed by atoms with Gasteiger partial charge < -0.3 is 20.1 Å². The van der Waals surface area contributed by atoms with E-state index in [0.717, 1.165) is 12.0 Å². The van der Waals surface area contributed by atoms with E-state index >= 15 is 0 Å². The molecule has 2 atom stereocenters. The van der Waals surface area contributed by atoms with Crippen LogP contribution in [0.4, 0.5) is 0 Å². The maximum atomic E-state index is 11.2. The summed E-state index contributed by atoms with van der Waals surface area (Å²) in [5.41, 5.74) is 1.41. The van der Waals surface area contributed by atoms with E-state index in [4.69, 9.17) is 0 Å². The zero-order valence-electron chi connectivity index (χ0n) is 11.2. The van der Waals surface area contributed by atoms with Crippen molar-refractivity contribution in [2.75, 3.05) is 13.7 Å². The first-order chi connectivity index (χ1) is 8.58. The first-order valence-corrected chi connectivity index (χ1v) is 6.22. The number of aliphatic hydroxyl groups excluding tert-OH is 1. The summed E-state index contributed by atoms with van der Waals surface area (Å²) in [4.78, 5) is 14.1. The van der Waals surface area contributed by atoms with Crippen molar-refractivity contribution in [2.45, 2.75) is 32.9 Å². The second-order valence-corrected chi connectivity index (χ2v) is 4.50. The Balaban J connectivity index is 2.36. The lowest BCUT2D eigenvalue weighted by molar-refractivity contribution is 0.0594. The number of aliphatic hydroxyl groups is 1. The van der Waals surface area contributed by atoms with Gasteiger partial charge in [-0.1, -0.05) is 20.3 Å². The van der Waals surface area contributed by atoms with Crippen LogP contribution in [0, 0.1) is 5.92 Å². The number of carbonyl (C=O) groups is 1. The van der Waals surface area contributed by atoms with E-state index in [2.05, 4.69) is 22.0 Å². The highest BCUT2D eigenvalue weighted by Crippen LogP contribution is 2.07. The highest BCUT2D eigenvalue weighted by Gasteiger charge is 2.12. The monoisotopic (exact) mass is 254 g/mol. The maximum absolute atomic E-state index is 11.2. The Labute approximate surface area is 108 Å². The molecule has 0 saturated heterocycles. The standard InChI is InChI=1S/C13H22N2O3/c1-4-9(2)12(16)8-14-6-10-5-11(15-7-10)13(17)18-3/h5,7,9,12,14-16H,4,6,8H2,1-3H3. The van der Waals surface area contributed by atoms with E-state index in [0.29, 0.717) is 18.8 Å². The van der Waals surface area contributed by atoms with Gasteiger partial charge in [-0.3, -0.25) is 0 Å². The van der Waals surface area contributed by atoms with Gasteiger partial charge in [-0.05, 0) is 17.5 Å². The van der Waals surface area contributed by atoms with Crippen molar-refractivity contribution in [1.82, 2.24) is 10.3 Å². The van der Waals surface area contributed by atoms with Gasteiger partial charge in [0.25, 0.3) is 0 Å². The highest BCUT2D eigenvalue weighted by atomic mass is 16.5. The normalized spacial score (nSPS) is 14.2. The first kappa shape index (κ1) is 14.7. The molecule has 1 aromatic rings. The van der Waals surface area contributed by atoms with Crippen LogP contribution in [-0.4, -0.2) is 35.8 Å². The van der Waals surface area contributed by atoms with Crippen LogP contribution in [0.25, 0.3) is 0 Å². The van der Waals surface area contributed by atoms with Crippen LogP contribution in [-0.2, 0) is 11.3 Å². The van der Waals surface area contributed by atoms with Gasteiger partial charge in [0.15, 0.2) is 0 Å². The van der Waals surface area contributed by atoms with Crippen LogP contribution in [0.2, 0.25) is 0 Å². The first-order valence-electron chi connectivity index (χ1n) is 6.22. The molecule has 0 aliphatic carbocycles. The topological polar surface area (TPSA) is 74.4 Å². The second-order valence-electron chi connectivity index (χ2n) is 4.50. The quantitative estimate of drug-likeness (QED) is 0.641. The zero-order valence-corrected chi connectivity index (χ0v) is 11.2. The molecule has 1 rings (SSSR count). The van der Waals surface area contributed by atoms with E-state index in [1.807, 2.05) is 6.92 Å². The van der Waals surface area contributed by atoms with Gasteiger partial charge in [0, 0.05) is 19.3 Å². The van der Waals surface area contributed by atoms with Crippen LogP contribution >= 0.6 is 0 Å². The average molecular weight is 254 g/mol. The molecule has 0 radical (unpaired) electrons. The third-order valence-corrected chi connectivity index (χ3v) is 3.13. The highest BCUT2D eigenvalue weighted by molar-refractivity contribution is 5.87. The predicted octanol–water partition coefficient (Wildman–Crippen LogP) is 1.30. The lowest BCUT2D eigenvalue weighted by atomic mass is 10.0. The van der Waals surface area contributed by atoms with Crippen molar-refractivity contribution in [1.29, 1.82) is 0 Å². The third kappa shape index (κ3) is 4.16. The Morgan fingerprint density at radius 1 is 1.61 bits per heavy atom. The number of methoxy groups -OCH3 is 1. The van der Waals surface area contributed by atoms with E-state index in [9.17, 15) is 9.90 Å². The Kier molecular flexibility index (Phi) is 5.88. The number of aromatic amines is 1. The third-order valence-electron chi connectivity index (χ3n) is 3.13. The van der Waals surface area contributed by atoms with E-state index in [-0.39, 0.29) is 18.0 Å². The molecule has 0 aromatic carbocycles. The number of carbonyl (C=O) groups excluding carboxylic acids is 1. The molecule has 2 unspecified atom stereocenters. The number of nitrogens with one attached hydrogen (secondary N) is 2. The number of ether oxygens (including phenoxy) is 1. The van der Waals surface area contributed by atoms with Gasteiger partial charge in [-0.25, -0.2) is 4.79 Å². The number of hydrogen-bond donors (Lipinski definition) is 3. The van der Waals surface area contributed by atoms with Crippen molar-refractivity contribution in [3.8, 4) is 0 Å². The minimum atomic E-state index is -0.374. The molecule has 0 amide bonds. The largest absolute Gasteiger partial charge is 0.464 e. The van der Waals surface area contributed by atoms with E-state index in [1.54, 1.807) is 12.3 Å². The minimum Gasteiger partial charge on any atom is -0.464 e. The van der Waals surface area contributed by atoms with Gasteiger partial charge in [0.1, 0.15) is 5.69 Å². The van der Waals surface area contributed by atoms with Gasteiger partial charge in [0.05, 0.1) is 13.2 Å². The molecule has 0 aliphatic heterocycles. The van der Waals surface area contributed by atoms with Crippen LogP contribution in [0.1, 0.15) is 36.3 Å². The van der Waals surface area contributed by atoms with Crippen molar-refractivity contribution in [3.05, 3.63) is 23.5 Å². The summed E-state index contributed by atoms with van der Waals surface area (Å²) < 4.78 is 4.61. The van der Waals surface area contributed by atoms with Crippen LogP contribution in [0.15, 0.2) is 12.3 Å². The summed E-state index contributed by atoms with van der Waals surface area (Å²) in [6, 6.07) is 1.74. The maximum Gasteiger partial charge on any atom is 0.354 e. The molecule has 5 heteroatoms.